The van der Waals surface area contributed by atoms with Gasteiger partial charge in [0.15, 0.2) is 0 Å². The van der Waals surface area contributed by atoms with Crippen LogP contribution in [0.4, 0.5) is 0 Å². The van der Waals surface area contributed by atoms with Crippen LogP contribution in [0.5, 0.6) is 0 Å². The van der Waals surface area contributed by atoms with Gasteiger partial charge < -0.3 is 10.6 Å². The van der Waals surface area contributed by atoms with E-state index in [9.17, 15) is 4.79 Å². The van der Waals surface area contributed by atoms with Crippen LogP contribution in [0.1, 0.15) is 58.3 Å². The Morgan fingerprint density at radius 2 is 1.89 bits per heavy atom. The molecular weight excluding hydrogens is 256 g/mol. The van der Waals surface area contributed by atoms with Crippen LogP contribution >= 0.6 is 12.2 Å². The molecule has 2 aliphatic rings. The zero-order chi connectivity index (χ0) is 13.9. The first-order chi connectivity index (χ1) is 9.10. The Kier molecular flexibility index (Phi) is 4.82. The van der Waals surface area contributed by atoms with E-state index >= 15 is 0 Å². The quantitative estimate of drug-likeness (QED) is 0.789. The second-order valence-electron chi connectivity index (χ2n) is 6.15. The van der Waals surface area contributed by atoms with Gasteiger partial charge in [-0.2, -0.15) is 0 Å². The van der Waals surface area contributed by atoms with Gasteiger partial charge in [-0.05, 0) is 38.5 Å². The van der Waals surface area contributed by atoms with Crippen LogP contribution in [0.3, 0.4) is 0 Å². The minimum absolute atomic E-state index is 0.203. The van der Waals surface area contributed by atoms with Crippen molar-refractivity contribution in [2.24, 2.45) is 17.1 Å². The molecule has 108 valence electrons. The summed E-state index contributed by atoms with van der Waals surface area (Å²) in [5, 5.41) is 0. The van der Waals surface area contributed by atoms with Gasteiger partial charge in [0.1, 0.15) is 0 Å². The molecule has 1 amide bonds. The van der Waals surface area contributed by atoms with Crippen LogP contribution in [0.2, 0.25) is 0 Å². The third-order valence-electron chi connectivity index (χ3n) is 4.96. The van der Waals surface area contributed by atoms with E-state index in [-0.39, 0.29) is 5.91 Å². The molecule has 0 saturated heterocycles. The highest BCUT2D eigenvalue weighted by molar-refractivity contribution is 7.80. The normalized spacial score (nSPS) is 22.6. The Morgan fingerprint density at radius 3 is 2.32 bits per heavy atom. The summed E-state index contributed by atoms with van der Waals surface area (Å²) in [6.07, 6.45) is 8.90. The average Bonchev–Trinajstić information content (AvgIpc) is 2.37. The van der Waals surface area contributed by atoms with Crippen LogP contribution in [0.15, 0.2) is 0 Å². The number of nitrogens with zero attached hydrogens (tertiary/aromatic N) is 1. The predicted molar refractivity (Wildman–Crippen MR) is 81.9 cm³/mol. The number of nitrogens with two attached hydrogens (primary N) is 1. The molecule has 2 saturated carbocycles. The van der Waals surface area contributed by atoms with Crippen molar-refractivity contribution in [3.8, 4) is 0 Å². The first kappa shape index (κ1) is 14.8. The maximum atomic E-state index is 12.9. The summed E-state index contributed by atoms with van der Waals surface area (Å²) in [6.45, 7) is 3.74. The molecule has 2 rings (SSSR count). The monoisotopic (exact) mass is 282 g/mol. The molecule has 0 spiro atoms. The summed E-state index contributed by atoms with van der Waals surface area (Å²) in [6, 6.07) is 0. The molecule has 0 unspecified atom stereocenters. The lowest BCUT2D eigenvalue weighted by Crippen LogP contribution is -2.52. The maximum Gasteiger partial charge on any atom is 0.235 e. The van der Waals surface area contributed by atoms with Crippen LogP contribution in [0.25, 0.3) is 0 Å². The minimum atomic E-state index is -0.534. The molecule has 0 aliphatic heterocycles. The van der Waals surface area contributed by atoms with Gasteiger partial charge >= 0.3 is 0 Å². The van der Waals surface area contributed by atoms with Crippen molar-refractivity contribution in [2.75, 3.05) is 13.1 Å². The Morgan fingerprint density at radius 1 is 1.26 bits per heavy atom. The summed E-state index contributed by atoms with van der Waals surface area (Å²) < 4.78 is 0. The molecule has 3 nitrogen and oxygen atoms in total. The zero-order valence-electron chi connectivity index (χ0n) is 12.0. The number of hydrogen-bond acceptors (Lipinski definition) is 2. The molecule has 0 aromatic rings. The van der Waals surface area contributed by atoms with Crippen LogP contribution in [-0.2, 0) is 4.79 Å². The van der Waals surface area contributed by atoms with Crippen molar-refractivity contribution in [1.29, 1.82) is 0 Å². The van der Waals surface area contributed by atoms with Crippen LogP contribution < -0.4 is 5.73 Å². The van der Waals surface area contributed by atoms with Gasteiger partial charge in [-0.15, -0.1) is 0 Å². The van der Waals surface area contributed by atoms with Crippen molar-refractivity contribution in [3.05, 3.63) is 0 Å². The molecular formula is C15H26N2OS. The second-order valence-corrected chi connectivity index (χ2v) is 6.59. The number of carbonyl (C=O) groups is 1. The molecule has 0 aromatic heterocycles. The summed E-state index contributed by atoms with van der Waals surface area (Å²) >= 11 is 5.26. The van der Waals surface area contributed by atoms with Gasteiger partial charge in [-0.25, -0.2) is 0 Å². The van der Waals surface area contributed by atoms with E-state index in [4.69, 9.17) is 18.0 Å². The van der Waals surface area contributed by atoms with Crippen LogP contribution in [0, 0.1) is 11.3 Å². The number of rotatable bonds is 5. The van der Waals surface area contributed by atoms with Gasteiger partial charge in [-0.3, -0.25) is 4.79 Å². The van der Waals surface area contributed by atoms with E-state index in [0.717, 1.165) is 38.8 Å². The number of thiocarbonyl (C=S) groups is 1. The maximum absolute atomic E-state index is 12.9. The summed E-state index contributed by atoms with van der Waals surface area (Å²) in [5.41, 5.74) is 5.42. The molecule has 0 heterocycles. The van der Waals surface area contributed by atoms with Crippen molar-refractivity contribution in [3.63, 3.8) is 0 Å². The Hall–Kier alpha value is -0.640. The standard InChI is InChI=1S/C15H26N2OS/c1-2-17(11-12-7-6-8-12)14(18)15(13(16)19)9-4-3-5-10-15/h12H,2-11H2,1H3,(H2,16,19). The Bertz CT molecular complexity index is 346. The lowest BCUT2D eigenvalue weighted by molar-refractivity contribution is -0.140. The van der Waals surface area contributed by atoms with Crippen LogP contribution in [-0.4, -0.2) is 28.9 Å². The second kappa shape index (κ2) is 6.21. The lowest BCUT2D eigenvalue weighted by Gasteiger charge is -2.41. The fourth-order valence-electron chi connectivity index (χ4n) is 3.37. The van der Waals surface area contributed by atoms with Gasteiger partial charge in [0, 0.05) is 13.1 Å². The molecule has 2 aliphatic carbocycles. The fraction of sp³-hybridized carbons (Fsp3) is 0.867. The van der Waals surface area contributed by atoms with Gasteiger partial charge in [0.2, 0.25) is 5.91 Å². The summed E-state index contributed by atoms with van der Waals surface area (Å²) in [7, 11) is 0. The number of carbonyl (C=O) groups excluding carboxylic acids is 1. The highest BCUT2D eigenvalue weighted by Crippen LogP contribution is 2.39. The lowest BCUT2D eigenvalue weighted by atomic mass is 9.72. The largest absolute Gasteiger partial charge is 0.392 e. The molecule has 0 atom stereocenters. The molecule has 19 heavy (non-hydrogen) atoms. The van der Waals surface area contributed by atoms with Gasteiger partial charge in [0.25, 0.3) is 0 Å². The molecule has 4 heteroatoms. The summed E-state index contributed by atoms with van der Waals surface area (Å²) in [4.78, 5) is 15.4. The van der Waals surface area contributed by atoms with Crippen molar-refractivity contribution in [2.45, 2.75) is 58.3 Å². The average molecular weight is 282 g/mol. The highest BCUT2D eigenvalue weighted by Gasteiger charge is 2.44. The number of amides is 1. The van der Waals surface area contributed by atoms with E-state index in [2.05, 4.69) is 6.92 Å². The smallest absolute Gasteiger partial charge is 0.235 e. The van der Waals surface area contributed by atoms with E-state index < -0.39 is 5.41 Å². The van der Waals surface area contributed by atoms with Crippen molar-refractivity contribution in [1.82, 2.24) is 4.90 Å². The van der Waals surface area contributed by atoms with Crippen molar-refractivity contribution >= 4 is 23.1 Å². The molecule has 0 bridgehead atoms. The molecule has 2 fully saturated rings. The van der Waals surface area contributed by atoms with E-state index in [1.165, 1.54) is 25.7 Å². The molecule has 0 aromatic carbocycles. The fourth-order valence-corrected chi connectivity index (χ4v) is 3.66. The topological polar surface area (TPSA) is 46.3 Å². The van der Waals surface area contributed by atoms with E-state index in [0.29, 0.717) is 10.9 Å². The third-order valence-corrected chi connectivity index (χ3v) is 5.35. The minimum Gasteiger partial charge on any atom is -0.392 e. The van der Waals surface area contributed by atoms with Gasteiger partial charge in [0.05, 0.1) is 10.4 Å². The van der Waals surface area contributed by atoms with Gasteiger partial charge in [-0.1, -0.05) is 37.9 Å². The van der Waals surface area contributed by atoms with E-state index in [1.54, 1.807) is 0 Å². The van der Waals surface area contributed by atoms with E-state index in [1.807, 2.05) is 4.90 Å². The van der Waals surface area contributed by atoms with Crippen molar-refractivity contribution < 1.29 is 4.79 Å². The molecule has 0 radical (unpaired) electrons. The SMILES string of the molecule is CCN(CC1CCC1)C(=O)C1(C(N)=S)CCCCC1. The Balaban J connectivity index is 2.09. The molecule has 2 N–H and O–H groups in total. The third kappa shape index (κ3) is 2.93. The summed E-state index contributed by atoms with van der Waals surface area (Å²) in [5.74, 6) is 0.907. The first-order valence-electron chi connectivity index (χ1n) is 7.69. The zero-order valence-corrected chi connectivity index (χ0v) is 12.8. The highest BCUT2D eigenvalue weighted by atomic mass is 32.1. The first-order valence-corrected chi connectivity index (χ1v) is 8.10. The number of hydrogen-bond donors (Lipinski definition) is 1. The Labute approximate surface area is 121 Å². The predicted octanol–water partition coefficient (Wildman–Crippen LogP) is 2.87.